The van der Waals surface area contributed by atoms with Crippen molar-refractivity contribution in [3.05, 3.63) is 49.2 Å². The van der Waals surface area contributed by atoms with Gasteiger partial charge in [0.05, 0.1) is 17.0 Å². The minimum atomic E-state index is -0.401. The molecule has 0 fully saturated rings. The maximum absolute atomic E-state index is 11.1. The van der Waals surface area contributed by atoms with E-state index < -0.39 is 4.92 Å². The Morgan fingerprint density at radius 2 is 2.11 bits per heavy atom. The zero-order chi connectivity index (χ0) is 19.6. The van der Waals surface area contributed by atoms with E-state index in [1.165, 1.54) is 16.6 Å². The fraction of sp³-hybridized carbons (Fsp3) is 0.375. The van der Waals surface area contributed by atoms with Crippen LogP contribution >= 0.6 is 23.1 Å². The van der Waals surface area contributed by atoms with Crippen LogP contribution in [0.25, 0.3) is 0 Å². The molecule has 9 nitrogen and oxygen atoms in total. The lowest BCUT2D eigenvalue weighted by atomic mass is 10.3. The van der Waals surface area contributed by atoms with Gasteiger partial charge in [0.15, 0.2) is 5.82 Å². The highest BCUT2D eigenvalue weighted by Gasteiger charge is 2.22. The summed E-state index contributed by atoms with van der Waals surface area (Å²) in [5, 5.41) is 28.7. The van der Waals surface area contributed by atoms with Gasteiger partial charge in [-0.2, -0.15) is 14.9 Å². The van der Waals surface area contributed by atoms with Gasteiger partial charge in [-0.05, 0) is 39.3 Å². The molecule has 0 radical (unpaired) electrons. The third-order valence-electron chi connectivity index (χ3n) is 3.94. The van der Waals surface area contributed by atoms with Gasteiger partial charge in [0.25, 0.3) is 0 Å². The molecule has 3 aromatic heterocycles. The first-order chi connectivity index (χ1) is 12.9. The second kappa shape index (κ2) is 8.01. The second-order valence-electron chi connectivity index (χ2n) is 5.79. The maximum atomic E-state index is 11.1. The summed E-state index contributed by atoms with van der Waals surface area (Å²) >= 11 is 3.07. The summed E-state index contributed by atoms with van der Waals surface area (Å²) in [6.07, 6.45) is 2.79. The van der Waals surface area contributed by atoms with Crippen LogP contribution < -0.4 is 0 Å². The SMILES string of the molecule is CCc1ccc(/C=N\n2c(C)nnc2SCn2nc(C)c([N+](=O)[O-])c2C)s1. The second-order valence-corrected chi connectivity index (χ2v) is 7.91. The Hall–Kier alpha value is -2.53. The number of nitro groups is 1. The van der Waals surface area contributed by atoms with Gasteiger partial charge in [-0.15, -0.1) is 21.5 Å². The largest absolute Gasteiger partial charge is 0.312 e. The Bertz CT molecular complexity index is 1000. The Labute approximate surface area is 164 Å². The van der Waals surface area contributed by atoms with Crippen LogP contribution in [-0.2, 0) is 12.3 Å². The molecule has 3 heterocycles. The van der Waals surface area contributed by atoms with Crippen molar-refractivity contribution in [2.75, 3.05) is 0 Å². The molecule has 0 aliphatic heterocycles. The van der Waals surface area contributed by atoms with Crippen molar-refractivity contribution in [1.82, 2.24) is 24.7 Å². The molecule has 0 unspecified atom stereocenters. The van der Waals surface area contributed by atoms with Gasteiger partial charge in [0.2, 0.25) is 5.16 Å². The fourth-order valence-electron chi connectivity index (χ4n) is 2.53. The molecule has 0 amide bonds. The van der Waals surface area contributed by atoms with Crippen LogP contribution in [0.15, 0.2) is 22.4 Å². The van der Waals surface area contributed by atoms with Crippen molar-refractivity contribution in [3.8, 4) is 0 Å². The average molecular weight is 406 g/mol. The van der Waals surface area contributed by atoms with E-state index in [9.17, 15) is 10.1 Å². The van der Waals surface area contributed by atoms with Crippen LogP contribution in [-0.4, -0.2) is 35.8 Å². The summed E-state index contributed by atoms with van der Waals surface area (Å²) < 4.78 is 3.26. The molecule has 3 rings (SSSR count). The lowest BCUT2D eigenvalue weighted by Gasteiger charge is -2.03. The van der Waals surface area contributed by atoms with Crippen LogP contribution in [0.5, 0.6) is 0 Å². The molecule has 0 spiro atoms. The predicted octanol–water partition coefficient (Wildman–Crippen LogP) is 3.56. The molecule has 0 aliphatic carbocycles. The molecule has 0 saturated carbocycles. The topological polar surface area (TPSA) is 104 Å². The van der Waals surface area contributed by atoms with Gasteiger partial charge >= 0.3 is 5.69 Å². The first-order valence-electron chi connectivity index (χ1n) is 8.27. The van der Waals surface area contributed by atoms with Gasteiger partial charge in [0.1, 0.15) is 11.4 Å². The highest BCUT2D eigenvalue weighted by Crippen LogP contribution is 2.25. The first-order valence-corrected chi connectivity index (χ1v) is 10.1. The Balaban J connectivity index is 1.77. The summed E-state index contributed by atoms with van der Waals surface area (Å²) in [4.78, 5) is 13.1. The average Bonchev–Trinajstić information content (AvgIpc) is 3.29. The van der Waals surface area contributed by atoms with Crippen LogP contribution in [0.3, 0.4) is 0 Å². The zero-order valence-corrected chi connectivity index (χ0v) is 17.0. The van der Waals surface area contributed by atoms with Crippen LogP contribution in [0.1, 0.15) is 33.9 Å². The molecular formula is C16H19N7O2S2. The van der Waals surface area contributed by atoms with Gasteiger partial charge in [-0.1, -0.05) is 18.7 Å². The molecule has 0 aliphatic rings. The molecule has 0 aromatic carbocycles. The summed E-state index contributed by atoms with van der Waals surface area (Å²) in [6.45, 7) is 7.27. The molecule has 3 aromatic rings. The number of aryl methyl sites for hydroxylation is 3. The van der Waals surface area contributed by atoms with E-state index in [0.717, 1.165) is 11.3 Å². The molecule has 11 heteroatoms. The highest BCUT2D eigenvalue weighted by atomic mass is 32.2. The third-order valence-corrected chi connectivity index (χ3v) is 5.99. The molecule has 0 bridgehead atoms. The van der Waals surface area contributed by atoms with Crippen molar-refractivity contribution >= 4 is 35.0 Å². The Morgan fingerprint density at radius 3 is 2.74 bits per heavy atom. The normalized spacial score (nSPS) is 11.6. The lowest BCUT2D eigenvalue weighted by Crippen LogP contribution is -2.02. The molecule has 0 saturated heterocycles. The summed E-state index contributed by atoms with van der Waals surface area (Å²) in [6, 6.07) is 4.13. The van der Waals surface area contributed by atoms with Gasteiger partial charge < -0.3 is 0 Å². The van der Waals surface area contributed by atoms with Crippen molar-refractivity contribution < 1.29 is 4.92 Å². The summed E-state index contributed by atoms with van der Waals surface area (Å²) in [5.74, 6) is 1.05. The molecular weight excluding hydrogens is 386 g/mol. The van der Waals surface area contributed by atoms with E-state index in [0.29, 0.717) is 28.2 Å². The number of thioether (sulfide) groups is 1. The van der Waals surface area contributed by atoms with Crippen LogP contribution in [0.2, 0.25) is 0 Å². The van der Waals surface area contributed by atoms with E-state index in [2.05, 4.69) is 33.4 Å². The van der Waals surface area contributed by atoms with E-state index in [-0.39, 0.29) is 5.69 Å². The van der Waals surface area contributed by atoms with E-state index in [4.69, 9.17) is 0 Å². The maximum Gasteiger partial charge on any atom is 0.312 e. The van der Waals surface area contributed by atoms with Crippen molar-refractivity contribution in [2.24, 2.45) is 5.10 Å². The van der Waals surface area contributed by atoms with E-state index in [1.54, 1.807) is 40.8 Å². The van der Waals surface area contributed by atoms with Crippen LogP contribution in [0.4, 0.5) is 5.69 Å². The Morgan fingerprint density at radius 1 is 1.33 bits per heavy atom. The van der Waals surface area contributed by atoms with Crippen molar-refractivity contribution in [1.29, 1.82) is 0 Å². The van der Waals surface area contributed by atoms with Crippen molar-refractivity contribution in [3.63, 3.8) is 0 Å². The monoisotopic (exact) mass is 405 g/mol. The molecule has 0 N–H and O–H groups in total. The third kappa shape index (κ3) is 4.08. The summed E-state index contributed by atoms with van der Waals surface area (Å²) in [5.41, 5.74) is 0.968. The minimum absolute atomic E-state index is 0.0516. The fourth-order valence-corrected chi connectivity index (χ4v) is 4.23. The minimum Gasteiger partial charge on any atom is -0.258 e. The number of rotatable bonds is 7. The smallest absolute Gasteiger partial charge is 0.258 e. The predicted molar refractivity (Wildman–Crippen MR) is 106 cm³/mol. The number of hydrogen-bond acceptors (Lipinski definition) is 8. The van der Waals surface area contributed by atoms with E-state index in [1.807, 2.05) is 13.0 Å². The number of thiophene rings is 1. The quantitative estimate of drug-likeness (QED) is 0.258. The number of aromatic nitrogens is 5. The first kappa shape index (κ1) is 19.2. The molecule has 27 heavy (non-hydrogen) atoms. The lowest BCUT2D eigenvalue weighted by molar-refractivity contribution is -0.386. The standard InChI is InChI=1S/C16H19N7O2S2/c1-5-13-6-7-14(27-13)8-17-22-12(4)18-19-16(22)26-9-21-11(3)15(23(24)25)10(2)20-21/h6-8H,5,9H2,1-4H3/b17-8-. The number of nitrogens with zero attached hydrogens (tertiary/aromatic N) is 7. The summed E-state index contributed by atoms with van der Waals surface area (Å²) in [7, 11) is 0. The number of hydrogen-bond donors (Lipinski definition) is 0. The Kier molecular flexibility index (Phi) is 5.71. The van der Waals surface area contributed by atoms with Gasteiger partial charge in [-0.3, -0.25) is 14.8 Å². The molecule has 0 atom stereocenters. The van der Waals surface area contributed by atoms with Gasteiger partial charge in [-0.25, -0.2) is 0 Å². The van der Waals surface area contributed by atoms with Crippen molar-refractivity contribution in [2.45, 2.75) is 45.1 Å². The highest BCUT2D eigenvalue weighted by molar-refractivity contribution is 7.98. The van der Waals surface area contributed by atoms with E-state index >= 15 is 0 Å². The van der Waals surface area contributed by atoms with Gasteiger partial charge in [0, 0.05) is 9.75 Å². The molecule has 142 valence electrons. The van der Waals surface area contributed by atoms with Crippen LogP contribution in [0, 0.1) is 30.9 Å². The zero-order valence-electron chi connectivity index (χ0n) is 15.4.